The number of amides is 2. The lowest BCUT2D eigenvalue weighted by Gasteiger charge is -2.10. The van der Waals surface area contributed by atoms with Crippen molar-refractivity contribution >= 4 is 12.0 Å². The van der Waals surface area contributed by atoms with Gasteiger partial charge < -0.3 is 19.9 Å². The van der Waals surface area contributed by atoms with Gasteiger partial charge in [-0.1, -0.05) is 34.9 Å². The van der Waals surface area contributed by atoms with Gasteiger partial charge in [-0.05, 0) is 59.4 Å². The molecular weight excluding hydrogens is 422 g/mol. The Balaban J connectivity index is 2.45. The monoisotopic (exact) mass is 459 g/mol. The highest BCUT2D eigenvalue weighted by Gasteiger charge is 2.14. The van der Waals surface area contributed by atoms with Crippen molar-refractivity contribution in [1.29, 1.82) is 0 Å². The first-order valence-electron chi connectivity index (χ1n) is 11.0. The number of nitrogens with one attached hydrogen (secondary N) is 1. The van der Waals surface area contributed by atoms with E-state index in [1.165, 1.54) is 30.0 Å². The second-order valence-corrected chi connectivity index (χ2v) is 7.97. The number of hydrogen-bond acceptors (Lipinski definition) is 7. The fourth-order valence-corrected chi connectivity index (χ4v) is 2.77. The third-order valence-electron chi connectivity index (χ3n) is 4.65. The van der Waals surface area contributed by atoms with Crippen LogP contribution in [0.25, 0.3) is 0 Å². The highest BCUT2D eigenvalue weighted by molar-refractivity contribution is 5.93. The van der Waals surface area contributed by atoms with Gasteiger partial charge in [-0.25, -0.2) is 9.78 Å². The van der Waals surface area contributed by atoms with Gasteiger partial charge >= 0.3 is 6.09 Å². The van der Waals surface area contributed by atoms with Gasteiger partial charge in [-0.15, -0.1) is 0 Å². The van der Waals surface area contributed by atoms with Crippen LogP contribution in [0, 0.1) is 0 Å². The zero-order chi connectivity index (χ0) is 24.6. The Labute approximate surface area is 196 Å². The van der Waals surface area contributed by atoms with E-state index in [0.29, 0.717) is 13.2 Å². The molecule has 0 atom stereocenters. The number of methoxy groups -OCH3 is 1. The molecule has 0 aromatic carbocycles. The Morgan fingerprint density at radius 2 is 1.73 bits per heavy atom. The number of pyridine rings is 1. The van der Waals surface area contributed by atoms with Crippen LogP contribution in [0.3, 0.4) is 0 Å². The lowest BCUT2D eigenvalue weighted by molar-refractivity contribution is -0.118. The summed E-state index contributed by atoms with van der Waals surface area (Å²) in [5.41, 5.74) is 9.97. The van der Waals surface area contributed by atoms with E-state index >= 15 is 0 Å². The summed E-state index contributed by atoms with van der Waals surface area (Å²) in [5.74, 6) is -0.452. The number of nitrogens with zero attached hydrogens (tertiary/aromatic N) is 1. The molecule has 0 saturated carbocycles. The van der Waals surface area contributed by atoms with Gasteiger partial charge in [0, 0.05) is 11.8 Å². The molecule has 0 aliphatic rings. The van der Waals surface area contributed by atoms with Gasteiger partial charge in [-0.2, -0.15) is 0 Å². The number of carbonyl (C=O) groups excluding carboxylic acids is 2. The van der Waals surface area contributed by atoms with Crippen molar-refractivity contribution in [3.63, 3.8) is 0 Å². The largest absolute Gasteiger partial charge is 0.491 e. The van der Waals surface area contributed by atoms with Gasteiger partial charge in [0.25, 0.3) is 5.88 Å². The van der Waals surface area contributed by atoms with Crippen molar-refractivity contribution in [2.45, 2.75) is 60.0 Å². The topological polar surface area (TPSA) is 113 Å². The smallest absolute Gasteiger partial charge is 0.420 e. The van der Waals surface area contributed by atoms with E-state index < -0.39 is 12.0 Å². The Kier molecular flexibility index (Phi) is 13.4. The molecular formula is C25H37N3O5. The first-order valence-corrected chi connectivity index (χ1v) is 11.0. The van der Waals surface area contributed by atoms with Crippen LogP contribution in [0.4, 0.5) is 4.79 Å². The molecule has 0 saturated heterocycles. The first-order chi connectivity index (χ1) is 15.7. The number of nitrogens with two attached hydrogens (primary N) is 1. The Morgan fingerprint density at radius 3 is 2.36 bits per heavy atom. The summed E-state index contributed by atoms with van der Waals surface area (Å²) in [7, 11) is 1.43. The third-order valence-corrected chi connectivity index (χ3v) is 4.65. The normalized spacial score (nSPS) is 11.7. The van der Waals surface area contributed by atoms with Crippen molar-refractivity contribution in [2.75, 3.05) is 20.3 Å². The van der Waals surface area contributed by atoms with Crippen LogP contribution >= 0.6 is 0 Å². The summed E-state index contributed by atoms with van der Waals surface area (Å²) in [6.45, 7) is 9.03. The number of allylic oxidation sites excluding steroid dienone is 5. The van der Waals surface area contributed by atoms with Crippen LogP contribution in [-0.4, -0.2) is 37.2 Å². The van der Waals surface area contributed by atoms with Crippen LogP contribution in [-0.2, 0) is 16.1 Å². The maximum Gasteiger partial charge on any atom is 0.420 e. The average molecular weight is 460 g/mol. The molecule has 0 bridgehead atoms. The number of hydrogen-bond donors (Lipinski definition) is 2. The van der Waals surface area contributed by atoms with Crippen LogP contribution < -0.4 is 20.5 Å². The lowest BCUT2D eigenvalue weighted by Crippen LogP contribution is -2.37. The molecule has 182 valence electrons. The van der Waals surface area contributed by atoms with Gasteiger partial charge in [-0.3, -0.25) is 10.1 Å². The lowest BCUT2D eigenvalue weighted by atomic mass is 10.1. The molecule has 1 aromatic heterocycles. The maximum absolute atomic E-state index is 11.7. The minimum absolute atomic E-state index is 0.0523. The fourth-order valence-electron chi connectivity index (χ4n) is 2.77. The summed E-state index contributed by atoms with van der Waals surface area (Å²) < 4.78 is 15.9. The highest BCUT2D eigenvalue weighted by Crippen LogP contribution is 2.25. The van der Waals surface area contributed by atoms with Crippen LogP contribution in [0.1, 0.15) is 58.9 Å². The quantitative estimate of drug-likeness (QED) is 0.327. The van der Waals surface area contributed by atoms with Gasteiger partial charge in [0.15, 0.2) is 5.75 Å². The number of carbonyl (C=O) groups is 2. The molecule has 3 N–H and O–H groups in total. The Hall–Kier alpha value is -2.97. The number of rotatable bonds is 13. The molecule has 0 unspecified atom stereocenters. The predicted molar refractivity (Wildman–Crippen MR) is 129 cm³/mol. The summed E-state index contributed by atoms with van der Waals surface area (Å²) in [5, 5.41) is 1.97. The second kappa shape index (κ2) is 15.8. The average Bonchev–Trinajstić information content (AvgIpc) is 2.77. The molecule has 0 aliphatic carbocycles. The Morgan fingerprint density at radius 1 is 1.06 bits per heavy atom. The first kappa shape index (κ1) is 28.1. The Bertz CT molecular complexity index is 871. The van der Waals surface area contributed by atoms with Gasteiger partial charge in [0.2, 0.25) is 5.91 Å². The SMILES string of the molecule is COc1cc(COCC=C(C)CCC=C(C)CCC=C(C)C)cnc1OC(=O)NC(=O)CN. The van der Waals surface area contributed by atoms with Crippen LogP contribution in [0.5, 0.6) is 11.6 Å². The summed E-state index contributed by atoms with van der Waals surface area (Å²) in [6.07, 6.45) is 11.4. The molecule has 33 heavy (non-hydrogen) atoms. The molecule has 0 fully saturated rings. The van der Waals surface area contributed by atoms with E-state index in [-0.39, 0.29) is 18.2 Å². The number of imide groups is 1. The van der Waals surface area contributed by atoms with E-state index in [4.69, 9.17) is 19.9 Å². The summed E-state index contributed by atoms with van der Waals surface area (Å²) >= 11 is 0. The molecule has 1 rings (SSSR count). The maximum atomic E-state index is 11.7. The van der Waals surface area contributed by atoms with E-state index in [1.807, 2.05) is 5.32 Å². The van der Waals surface area contributed by atoms with E-state index in [1.54, 1.807) is 6.07 Å². The van der Waals surface area contributed by atoms with Crippen LogP contribution in [0.15, 0.2) is 47.2 Å². The summed E-state index contributed by atoms with van der Waals surface area (Å²) in [4.78, 5) is 26.9. The molecule has 1 heterocycles. The molecule has 1 aromatic rings. The minimum Gasteiger partial charge on any atom is -0.491 e. The predicted octanol–water partition coefficient (Wildman–Crippen LogP) is 4.60. The van der Waals surface area contributed by atoms with E-state index in [0.717, 1.165) is 31.2 Å². The fraction of sp³-hybridized carbons (Fsp3) is 0.480. The highest BCUT2D eigenvalue weighted by atomic mass is 16.6. The van der Waals surface area contributed by atoms with Gasteiger partial charge in [0.05, 0.1) is 26.9 Å². The van der Waals surface area contributed by atoms with Crippen molar-refractivity contribution in [1.82, 2.24) is 10.3 Å². The minimum atomic E-state index is -0.973. The van der Waals surface area contributed by atoms with Crippen molar-refractivity contribution in [3.8, 4) is 11.6 Å². The molecule has 0 radical (unpaired) electrons. The molecule has 8 nitrogen and oxygen atoms in total. The standard InChI is InChI=1S/C25H37N3O5/c1-18(2)8-6-9-19(3)10-7-11-20(4)12-13-32-17-21-14-22(31-5)24(27-16-21)33-25(30)28-23(29)15-26/h8,10,12,14,16H,6-7,9,11,13,15,17,26H2,1-5H3,(H,28,29,30). The second-order valence-electron chi connectivity index (χ2n) is 7.97. The summed E-state index contributed by atoms with van der Waals surface area (Å²) in [6, 6.07) is 1.67. The van der Waals surface area contributed by atoms with Crippen molar-refractivity contribution < 1.29 is 23.8 Å². The zero-order valence-corrected chi connectivity index (χ0v) is 20.4. The number of ether oxygens (including phenoxy) is 3. The van der Waals surface area contributed by atoms with Crippen LogP contribution in [0.2, 0.25) is 0 Å². The van der Waals surface area contributed by atoms with Gasteiger partial charge in [0.1, 0.15) is 0 Å². The molecule has 0 spiro atoms. The van der Waals surface area contributed by atoms with Crippen molar-refractivity contribution in [3.05, 3.63) is 52.8 Å². The molecule has 8 heteroatoms. The van der Waals surface area contributed by atoms with Crippen molar-refractivity contribution in [2.24, 2.45) is 5.73 Å². The molecule has 0 aliphatic heterocycles. The van der Waals surface area contributed by atoms with E-state index in [9.17, 15) is 9.59 Å². The molecule has 2 amide bonds. The zero-order valence-electron chi connectivity index (χ0n) is 20.4. The van der Waals surface area contributed by atoms with E-state index in [2.05, 4.69) is 50.9 Å². The number of aromatic nitrogens is 1. The third kappa shape index (κ3) is 12.6.